The molecular weight excluding hydrogens is 424 g/mol. The van der Waals surface area contributed by atoms with Crippen LogP contribution in [0, 0.1) is 34.5 Å². The maximum absolute atomic E-state index is 12.8. The summed E-state index contributed by atoms with van der Waals surface area (Å²) in [5.41, 5.74) is 3.75. The smallest absolute Gasteiger partial charge is 0.311 e. The van der Waals surface area contributed by atoms with E-state index in [1.165, 1.54) is 12.7 Å². The number of fused-ring (bicyclic) bond motifs is 7. The van der Waals surface area contributed by atoms with E-state index >= 15 is 0 Å². The van der Waals surface area contributed by atoms with Crippen LogP contribution in [-0.4, -0.2) is 23.3 Å². The molecule has 0 heterocycles. The summed E-state index contributed by atoms with van der Waals surface area (Å²) in [5, 5.41) is 20.9. The van der Waals surface area contributed by atoms with E-state index < -0.39 is 5.41 Å². The van der Waals surface area contributed by atoms with E-state index in [4.69, 9.17) is 4.74 Å². The number of carbonyl (C=O) groups is 1. The number of hydrogen-bond donors (Lipinski definition) is 2. The third-order valence-electron chi connectivity index (χ3n) is 11.2. The molecule has 0 aliphatic heterocycles. The van der Waals surface area contributed by atoms with Crippen LogP contribution in [0.3, 0.4) is 0 Å². The molecule has 0 spiro atoms. The van der Waals surface area contributed by atoms with E-state index in [-0.39, 0.29) is 39.1 Å². The SMILES string of the molecule is COC(=O)[C@]1(C)CC[C@]2(C)CC=C3C4(C)C=Cc5c(cc(O)c(O)c5C)[C@]4(C)CC[C@@]3(C)[C@@H]2C1. The summed E-state index contributed by atoms with van der Waals surface area (Å²) in [7, 11) is 1.52. The Morgan fingerprint density at radius 3 is 2.44 bits per heavy atom. The monoisotopic (exact) mass is 464 g/mol. The van der Waals surface area contributed by atoms with Crippen molar-refractivity contribution < 1.29 is 19.7 Å². The molecule has 4 nitrogen and oxygen atoms in total. The fourth-order valence-corrected chi connectivity index (χ4v) is 8.56. The zero-order chi connectivity index (χ0) is 24.9. The molecular formula is C30H40O4. The molecule has 0 aromatic heterocycles. The van der Waals surface area contributed by atoms with Gasteiger partial charge in [-0.05, 0) is 86.3 Å². The van der Waals surface area contributed by atoms with Gasteiger partial charge >= 0.3 is 5.97 Å². The summed E-state index contributed by atoms with van der Waals surface area (Å²) in [4.78, 5) is 12.8. The summed E-state index contributed by atoms with van der Waals surface area (Å²) >= 11 is 0. The lowest BCUT2D eigenvalue weighted by molar-refractivity contribution is -0.161. The van der Waals surface area contributed by atoms with Crippen LogP contribution in [0.5, 0.6) is 11.5 Å². The van der Waals surface area contributed by atoms with Crippen molar-refractivity contribution in [2.45, 2.75) is 85.5 Å². The van der Waals surface area contributed by atoms with Crippen molar-refractivity contribution >= 4 is 12.0 Å². The number of benzene rings is 1. The number of phenolic OH excluding ortho intramolecular Hbond substituents is 2. The van der Waals surface area contributed by atoms with Gasteiger partial charge < -0.3 is 14.9 Å². The summed E-state index contributed by atoms with van der Waals surface area (Å²) in [6.07, 6.45) is 12.9. The normalized spacial score (nSPS) is 42.6. The Morgan fingerprint density at radius 1 is 1.06 bits per heavy atom. The summed E-state index contributed by atoms with van der Waals surface area (Å²) in [5.74, 6) is 0.283. The topological polar surface area (TPSA) is 66.8 Å². The van der Waals surface area contributed by atoms with Gasteiger partial charge in [0.2, 0.25) is 0 Å². The first-order valence-electron chi connectivity index (χ1n) is 12.8. The predicted molar refractivity (Wildman–Crippen MR) is 135 cm³/mol. The Morgan fingerprint density at radius 2 is 1.76 bits per heavy atom. The highest BCUT2D eigenvalue weighted by Crippen LogP contribution is 2.72. The molecule has 2 saturated carbocycles. The fourth-order valence-electron chi connectivity index (χ4n) is 8.56. The average Bonchev–Trinajstić information content (AvgIpc) is 2.79. The molecule has 2 N–H and O–H groups in total. The van der Waals surface area contributed by atoms with Crippen molar-refractivity contribution in [1.29, 1.82) is 0 Å². The first-order chi connectivity index (χ1) is 15.8. The molecule has 6 atom stereocenters. The van der Waals surface area contributed by atoms with Crippen LogP contribution in [0.2, 0.25) is 0 Å². The van der Waals surface area contributed by atoms with Gasteiger partial charge in [0.15, 0.2) is 11.5 Å². The Hall–Kier alpha value is -2.23. The summed E-state index contributed by atoms with van der Waals surface area (Å²) < 4.78 is 5.26. The highest BCUT2D eigenvalue weighted by atomic mass is 16.5. The van der Waals surface area contributed by atoms with Crippen molar-refractivity contribution in [3.8, 4) is 11.5 Å². The van der Waals surface area contributed by atoms with Crippen molar-refractivity contribution in [3.05, 3.63) is 40.5 Å². The largest absolute Gasteiger partial charge is 0.504 e. The van der Waals surface area contributed by atoms with Gasteiger partial charge in [-0.1, -0.05) is 51.5 Å². The second kappa shape index (κ2) is 6.92. The second-order valence-electron chi connectivity index (χ2n) is 12.9. The number of carbonyl (C=O) groups excluding carboxylic acids is 1. The maximum Gasteiger partial charge on any atom is 0.311 e. The van der Waals surface area contributed by atoms with Crippen LogP contribution in [-0.2, 0) is 14.9 Å². The molecule has 0 amide bonds. The number of hydrogen-bond acceptors (Lipinski definition) is 4. The van der Waals surface area contributed by atoms with Crippen LogP contribution >= 0.6 is 0 Å². The van der Waals surface area contributed by atoms with Crippen molar-refractivity contribution in [2.75, 3.05) is 7.11 Å². The average molecular weight is 465 g/mol. The van der Waals surface area contributed by atoms with Gasteiger partial charge in [-0.2, -0.15) is 0 Å². The van der Waals surface area contributed by atoms with Crippen molar-refractivity contribution in [2.24, 2.45) is 27.6 Å². The van der Waals surface area contributed by atoms with E-state index in [0.717, 1.165) is 55.2 Å². The molecule has 184 valence electrons. The van der Waals surface area contributed by atoms with Crippen LogP contribution in [0.1, 0.15) is 89.8 Å². The molecule has 5 rings (SSSR count). The van der Waals surface area contributed by atoms with Gasteiger partial charge in [0.25, 0.3) is 0 Å². The molecule has 34 heavy (non-hydrogen) atoms. The summed E-state index contributed by atoms with van der Waals surface area (Å²) in [6.45, 7) is 13.6. The van der Waals surface area contributed by atoms with Crippen LogP contribution in [0.25, 0.3) is 6.08 Å². The Balaban J connectivity index is 1.64. The van der Waals surface area contributed by atoms with Gasteiger partial charge in [0.05, 0.1) is 12.5 Å². The molecule has 4 aliphatic rings. The van der Waals surface area contributed by atoms with Crippen LogP contribution in [0.15, 0.2) is 23.8 Å². The van der Waals surface area contributed by atoms with Gasteiger partial charge in [-0.15, -0.1) is 0 Å². The third-order valence-corrected chi connectivity index (χ3v) is 11.2. The van der Waals surface area contributed by atoms with Crippen LogP contribution < -0.4 is 0 Å². The van der Waals surface area contributed by atoms with Crippen LogP contribution in [0.4, 0.5) is 0 Å². The molecule has 4 heteroatoms. The van der Waals surface area contributed by atoms with E-state index in [1.54, 1.807) is 6.07 Å². The third kappa shape index (κ3) is 2.69. The first-order valence-corrected chi connectivity index (χ1v) is 12.8. The Bertz CT molecular complexity index is 1150. The first kappa shape index (κ1) is 23.5. The molecule has 4 aliphatic carbocycles. The number of methoxy groups -OCH3 is 1. The standard InChI is InChI=1S/C30H40O4/c1-18-19-8-11-30(6)22-9-10-26(2)12-13-27(3,25(33)34-7)17-23(26)28(22,4)14-15-29(30,5)20(19)16-21(31)24(18)32/h8-9,11,16,23,31-32H,10,12-15,17H2,1-7H3/t23-,26+,27-,28-,29+,30?/m1/s1. The number of phenols is 2. The predicted octanol–water partition coefficient (Wildman–Crippen LogP) is 6.81. The number of allylic oxidation sites excluding steroid dienone is 3. The number of aromatic hydroxyl groups is 2. The number of esters is 1. The molecule has 1 aromatic rings. The molecule has 1 aromatic carbocycles. The van der Waals surface area contributed by atoms with Gasteiger partial charge in [0.1, 0.15) is 0 Å². The molecule has 0 saturated heterocycles. The van der Waals surface area contributed by atoms with Gasteiger partial charge in [-0.25, -0.2) is 0 Å². The minimum Gasteiger partial charge on any atom is -0.504 e. The number of ether oxygens (including phenoxy) is 1. The highest BCUT2D eigenvalue weighted by Gasteiger charge is 2.64. The van der Waals surface area contributed by atoms with Gasteiger partial charge in [-0.3, -0.25) is 4.79 Å². The fraction of sp³-hybridized carbons (Fsp3) is 0.633. The molecule has 2 fully saturated rings. The van der Waals surface area contributed by atoms with Crippen molar-refractivity contribution in [1.82, 2.24) is 0 Å². The number of rotatable bonds is 1. The quantitative estimate of drug-likeness (QED) is 0.272. The molecule has 1 unspecified atom stereocenters. The minimum atomic E-state index is -0.429. The molecule has 0 radical (unpaired) electrons. The van der Waals surface area contributed by atoms with Gasteiger partial charge in [0, 0.05) is 16.4 Å². The maximum atomic E-state index is 12.8. The zero-order valence-electron chi connectivity index (χ0n) is 21.8. The Kier molecular flexibility index (Phi) is 4.79. The highest BCUT2D eigenvalue weighted by molar-refractivity contribution is 5.76. The lowest BCUT2D eigenvalue weighted by Gasteiger charge is -2.66. The van der Waals surface area contributed by atoms with E-state index in [9.17, 15) is 15.0 Å². The van der Waals surface area contributed by atoms with E-state index in [2.05, 4.69) is 52.8 Å². The minimum absolute atomic E-state index is 0.00713. The second-order valence-corrected chi connectivity index (χ2v) is 12.9. The Labute approximate surface area is 204 Å². The lowest BCUT2D eigenvalue weighted by Crippen LogP contribution is -2.59. The van der Waals surface area contributed by atoms with E-state index in [1.807, 2.05) is 6.92 Å². The van der Waals surface area contributed by atoms with Crippen molar-refractivity contribution in [3.63, 3.8) is 0 Å². The molecule has 0 bridgehead atoms. The summed E-state index contributed by atoms with van der Waals surface area (Å²) in [6, 6.07) is 1.80. The lowest BCUT2D eigenvalue weighted by atomic mass is 9.37. The zero-order valence-corrected chi connectivity index (χ0v) is 21.8. The van der Waals surface area contributed by atoms with E-state index in [0.29, 0.717) is 5.92 Å².